The molecule has 1 aliphatic heterocycles. The normalized spacial score (nSPS) is 14.2. The predicted molar refractivity (Wildman–Crippen MR) is 94.2 cm³/mol. The van der Waals surface area contributed by atoms with Gasteiger partial charge in [-0.1, -0.05) is 29.3 Å². The number of morpholine rings is 1. The van der Waals surface area contributed by atoms with Gasteiger partial charge in [-0.05, 0) is 12.1 Å². The van der Waals surface area contributed by atoms with Crippen LogP contribution < -0.4 is 10.1 Å². The molecule has 2 heterocycles. The molecular formula is C16H16Cl2N4O3. The number of carbonyl (C=O) groups excluding carboxylic acids is 1. The van der Waals surface area contributed by atoms with Crippen LogP contribution in [-0.2, 0) is 11.3 Å². The van der Waals surface area contributed by atoms with Gasteiger partial charge >= 0.3 is 6.03 Å². The Morgan fingerprint density at radius 1 is 1.20 bits per heavy atom. The maximum atomic E-state index is 12.1. The summed E-state index contributed by atoms with van der Waals surface area (Å²) in [5, 5.41) is 3.74. The number of aromatic nitrogens is 2. The molecule has 1 saturated heterocycles. The summed E-state index contributed by atoms with van der Waals surface area (Å²) in [5.41, 5.74) is 0.678. The van der Waals surface area contributed by atoms with Gasteiger partial charge in [-0.3, -0.25) is 5.32 Å². The van der Waals surface area contributed by atoms with Crippen LogP contribution in [0.1, 0.15) is 5.56 Å². The van der Waals surface area contributed by atoms with Crippen LogP contribution in [-0.4, -0.2) is 47.2 Å². The van der Waals surface area contributed by atoms with Crippen molar-refractivity contribution in [3.8, 4) is 5.88 Å². The lowest BCUT2D eigenvalue weighted by atomic mass is 10.2. The third-order valence-electron chi connectivity index (χ3n) is 3.59. The van der Waals surface area contributed by atoms with Crippen molar-refractivity contribution in [2.45, 2.75) is 6.61 Å². The van der Waals surface area contributed by atoms with Gasteiger partial charge in [-0.2, -0.15) is 0 Å². The Morgan fingerprint density at radius 2 is 1.92 bits per heavy atom. The molecule has 2 aromatic rings. The molecule has 1 aromatic heterocycles. The van der Waals surface area contributed by atoms with Crippen LogP contribution in [0.3, 0.4) is 0 Å². The molecule has 132 valence electrons. The Hall–Kier alpha value is -2.09. The molecular weight excluding hydrogens is 367 g/mol. The summed E-state index contributed by atoms with van der Waals surface area (Å²) in [6, 6.07) is 5.01. The van der Waals surface area contributed by atoms with E-state index in [4.69, 9.17) is 32.7 Å². The Morgan fingerprint density at radius 3 is 2.56 bits per heavy atom. The van der Waals surface area contributed by atoms with E-state index in [2.05, 4.69) is 15.3 Å². The van der Waals surface area contributed by atoms with Crippen molar-refractivity contribution in [3.63, 3.8) is 0 Å². The Balaban J connectivity index is 1.56. The second-order valence-corrected chi connectivity index (χ2v) is 6.07. The number of hydrogen-bond donors (Lipinski definition) is 1. The van der Waals surface area contributed by atoms with Crippen molar-refractivity contribution in [1.82, 2.24) is 14.9 Å². The molecule has 0 saturated carbocycles. The van der Waals surface area contributed by atoms with Gasteiger partial charge in [0.2, 0.25) is 5.88 Å². The molecule has 0 radical (unpaired) electrons. The average Bonchev–Trinajstić information content (AvgIpc) is 2.63. The average molecular weight is 383 g/mol. The number of ether oxygens (including phenoxy) is 2. The summed E-state index contributed by atoms with van der Waals surface area (Å²) >= 11 is 12.2. The minimum absolute atomic E-state index is 0.173. The summed E-state index contributed by atoms with van der Waals surface area (Å²) in [7, 11) is 0. The van der Waals surface area contributed by atoms with Gasteiger partial charge in [0.1, 0.15) is 6.61 Å². The van der Waals surface area contributed by atoms with E-state index < -0.39 is 0 Å². The van der Waals surface area contributed by atoms with Crippen molar-refractivity contribution in [2.75, 3.05) is 31.6 Å². The standard InChI is InChI=1S/C16H16Cl2N4O3/c17-12-2-1-3-13(18)11(12)10-25-15-9-19-14(8-20-15)21-16(23)22-4-6-24-7-5-22/h1-3,8-9H,4-7,10H2,(H,19,21,23). The first-order valence-corrected chi connectivity index (χ1v) is 8.40. The molecule has 25 heavy (non-hydrogen) atoms. The number of urea groups is 1. The van der Waals surface area contributed by atoms with Crippen molar-refractivity contribution in [2.24, 2.45) is 0 Å². The number of nitrogens with zero attached hydrogens (tertiary/aromatic N) is 3. The second-order valence-electron chi connectivity index (χ2n) is 5.26. The highest BCUT2D eigenvalue weighted by Gasteiger charge is 2.17. The first kappa shape index (κ1) is 17.7. The second kappa shape index (κ2) is 8.33. The molecule has 1 fully saturated rings. The van der Waals surface area contributed by atoms with E-state index in [0.717, 1.165) is 0 Å². The van der Waals surface area contributed by atoms with Crippen LogP contribution in [0, 0.1) is 0 Å². The molecule has 7 nitrogen and oxygen atoms in total. The number of nitrogens with one attached hydrogen (secondary N) is 1. The summed E-state index contributed by atoms with van der Waals surface area (Å²) in [5.74, 6) is 0.653. The molecule has 0 spiro atoms. The van der Waals surface area contributed by atoms with Gasteiger partial charge in [-0.15, -0.1) is 0 Å². The first-order valence-electron chi connectivity index (χ1n) is 7.65. The lowest BCUT2D eigenvalue weighted by Crippen LogP contribution is -2.43. The highest BCUT2D eigenvalue weighted by atomic mass is 35.5. The zero-order valence-corrected chi connectivity index (χ0v) is 14.8. The number of amides is 2. The van der Waals surface area contributed by atoms with E-state index in [1.807, 2.05) is 0 Å². The lowest BCUT2D eigenvalue weighted by Gasteiger charge is -2.26. The smallest absolute Gasteiger partial charge is 0.323 e. The fourth-order valence-corrected chi connectivity index (χ4v) is 2.73. The van der Waals surface area contributed by atoms with Gasteiger partial charge in [0.05, 0.1) is 25.6 Å². The number of rotatable bonds is 4. The topological polar surface area (TPSA) is 76.6 Å². The van der Waals surface area contributed by atoms with Gasteiger partial charge in [-0.25, -0.2) is 14.8 Å². The van der Waals surface area contributed by atoms with Crippen molar-refractivity contribution >= 4 is 35.1 Å². The van der Waals surface area contributed by atoms with E-state index in [9.17, 15) is 4.79 Å². The van der Waals surface area contributed by atoms with Gasteiger partial charge in [0.15, 0.2) is 5.82 Å². The quantitative estimate of drug-likeness (QED) is 0.878. The summed E-state index contributed by atoms with van der Waals surface area (Å²) in [4.78, 5) is 22.0. The molecule has 1 aliphatic rings. The van der Waals surface area contributed by atoms with Crippen LogP contribution in [0.4, 0.5) is 10.6 Å². The molecule has 0 atom stereocenters. The summed E-state index contributed by atoms with van der Waals surface area (Å²) in [6.07, 6.45) is 2.86. The van der Waals surface area contributed by atoms with Crippen LogP contribution in [0.5, 0.6) is 5.88 Å². The number of hydrogen-bond acceptors (Lipinski definition) is 5. The number of carbonyl (C=O) groups is 1. The van der Waals surface area contributed by atoms with Crippen molar-refractivity contribution in [3.05, 3.63) is 46.2 Å². The first-order chi connectivity index (χ1) is 12.1. The SMILES string of the molecule is O=C(Nc1cnc(OCc2c(Cl)cccc2Cl)cn1)N1CCOCC1. The number of halogens is 2. The third kappa shape index (κ3) is 4.72. The molecule has 0 bridgehead atoms. The van der Waals surface area contributed by atoms with Crippen LogP contribution >= 0.6 is 23.2 Å². The van der Waals surface area contributed by atoms with Crippen LogP contribution in [0.25, 0.3) is 0 Å². The Bertz CT molecular complexity index is 716. The molecule has 1 aromatic carbocycles. The number of anilines is 1. The summed E-state index contributed by atoms with van der Waals surface area (Å²) < 4.78 is 10.8. The highest BCUT2D eigenvalue weighted by Crippen LogP contribution is 2.25. The lowest BCUT2D eigenvalue weighted by molar-refractivity contribution is 0.0564. The van der Waals surface area contributed by atoms with E-state index in [0.29, 0.717) is 53.6 Å². The minimum atomic E-state index is -0.228. The van der Waals surface area contributed by atoms with E-state index in [1.165, 1.54) is 12.4 Å². The van der Waals surface area contributed by atoms with E-state index >= 15 is 0 Å². The third-order valence-corrected chi connectivity index (χ3v) is 4.30. The molecule has 0 aliphatic carbocycles. The molecule has 9 heteroatoms. The Kier molecular flexibility index (Phi) is 5.91. The van der Waals surface area contributed by atoms with Crippen molar-refractivity contribution < 1.29 is 14.3 Å². The largest absolute Gasteiger partial charge is 0.472 e. The predicted octanol–water partition coefficient (Wildman–Crippen LogP) is 3.23. The maximum Gasteiger partial charge on any atom is 0.323 e. The fourth-order valence-electron chi connectivity index (χ4n) is 2.23. The maximum absolute atomic E-state index is 12.1. The van der Waals surface area contributed by atoms with Gasteiger partial charge < -0.3 is 14.4 Å². The van der Waals surface area contributed by atoms with Gasteiger partial charge in [0.25, 0.3) is 0 Å². The highest BCUT2D eigenvalue weighted by molar-refractivity contribution is 6.35. The molecule has 1 N–H and O–H groups in total. The molecule has 2 amide bonds. The monoisotopic (exact) mass is 382 g/mol. The van der Waals surface area contributed by atoms with E-state index in [1.54, 1.807) is 23.1 Å². The fraction of sp³-hybridized carbons (Fsp3) is 0.312. The minimum Gasteiger partial charge on any atom is -0.472 e. The molecule has 0 unspecified atom stereocenters. The van der Waals surface area contributed by atoms with E-state index in [-0.39, 0.29) is 12.6 Å². The number of benzene rings is 1. The Labute approximate surface area is 154 Å². The van der Waals surface area contributed by atoms with Crippen molar-refractivity contribution in [1.29, 1.82) is 0 Å². The van der Waals surface area contributed by atoms with Crippen LogP contribution in [0.2, 0.25) is 10.0 Å². The molecule has 3 rings (SSSR count). The van der Waals surface area contributed by atoms with Crippen LogP contribution in [0.15, 0.2) is 30.6 Å². The van der Waals surface area contributed by atoms with Gasteiger partial charge in [0, 0.05) is 28.7 Å². The zero-order chi connectivity index (χ0) is 17.6. The summed E-state index contributed by atoms with van der Waals surface area (Å²) in [6.45, 7) is 2.36. The zero-order valence-electron chi connectivity index (χ0n) is 13.2.